The number of nitrogens with one attached hydrogen (secondary N) is 2. The Morgan fingerprint density at radius 2 is 1.97 bits per heavy atom. The topological polar surface area (TPSA) is 96.2 Å². The normalized spacial score (nSPS) is 14.2. The number of anilines is 2. The number of aromatic nitrogens is 2. The molecule has 4 rings (SSSR count). The van der Waals surface area contributed by atoms with Gasteiger partial charge in [-0.2, -0.15) is 0 Å². The highest BCUT2D eigenvalue weighted by molar-refractivity contribution is 5.94. The lowest BCUT2D eigenvalue weighted by Gasteiger charge is -2.29. The summed E-state index contributed by atoms with van der Waals surface area (Å²) in [5.74, 6) is -0.994. The monoisotopic (exact) mass is 400 g/mol. The number of halogens is 2. The number of benzene rings is 2. The fraction of sp³-hybridized carbons (Fsp3) is 0.263. The Kier molecular flexibility index (Phi) is 5.17. The molecule has 2 N–H and O–H groups in total. The lowest BCUT2D eigenvalue weighted by atomic mass is 10.1. The standard InChI is InChI=1S/C19H18F2N6O2/c20-13-2-1-12(15(21)7-13)10-23-19-14-8-18(27(28)29)17(9-16(14)24-11-25-19)26-5-3-22-4-6-26/h1-2,7-9,11,22H,3-6,10H2,(H,23,24,25). The van der Waals surface area contributed by atoms with E-state index < -0.39 is 16.6 Å². The van der Waals surface area contributed by atoms with Crippen molar-refractivity contribution in [2.75, 3.05) is 36.4 Å². The Morgan fingerprint density at radius 1 is 1.17 bits per heavy atom. The van der Waals surface area contributed by atoms with Gasteiger partial charge < -0.3 is 15.5 Å². The molecule has 1 fully saturated rings. The zero-order valence-electron chi connectivity index (χ0n) is 15.4. The van der Waals surface area contributed by atoms with Crippen LogP contribution >= 0.6 is 0 Å². The first-order valence-electron chi connectivity index (χ1n) is 9.09. The van der Waals surface area contributed by atoms with Crippen molar-refractivity contribution in [3.63, 3.8) is 0 Å². The minimum absolute atomic E-state index is 0.0368. The van der Waals surface area contributed by atoms with E-state index in [1.807, 2.05) is 4.90 Å². The van der Waals surface area contributed by atoms with Crippen LogP contribution in [0.15, 0.2) is 36.7 Å². The molecular weight excluding hydrogens is 382 g/mol. The number of hydrogen-bond donors (Lipinski definition) is 2. The van der Waals surface area contributed by atoms with Crippen molar-refractivity contribution in [2.45, 2.75) is 6.54 Å². The summed E-state index contributed by atoms with van der Waals surface area (Å²) >= 11 is 0. The Balaban J connectivity index is 1.70. The fourth-order valence-corrected chi connectivity index (χ4v) is 3.37. The van der Waals surface area contributed by atoms with E-state index in [1.54, 1.807) is 6.07 Å². The van der Waals surface area contributed by atoms with Gasteiger partial charge in [0, 0.05) is 55.8 Å². The summed E-state index contributed by atoms with van der Waals surface area (Å²) in [7, 11) is 0. The largest absolute Gasteiger partial charge is 0.365 e. The summed E-state index contributed by atoms with van der Waals surface area (Å²) < 4.78 is 27.0. The highest BCUT2D eigenvalue weighted by atomic mass is 19.1. The van der Waals surface area contributed by atoms with E-state index in [9.17, 15) is 18.9 Å². The molecule has 1 aromatic heterocycles. The molecule has 3 aromatic rings. The van der Waals surface area contributed by atoms with Crippen molar-refractivity contribution < 1.29 is 13.7 Å². The number of hydrogen-bond acceptors (Lipinski definition) is 7. The van der Waals surface area contributed by atoms with Crippen LogP contribution in [0.4, 0.5) is 26.0 Å². The minimum Gasteiger partial charge on any atom is -0.365 e. The van der Waals surface area contributed by atoms with Crippen molar-refractivity contribution in [3.8, 4) is 0 Å². The second-order valence-corrected chi connectivity index (χ2v) is 6.66. The molecule has 1 aliphatic heterocycles. The average molecular weight is 400 g/mol. The van der Waals surface area contributed by atoms with Crippen LogP contribution in [0, 0.1) is 21.7 Å². The SMILES string of the molecule is O=[N+]([O-])c1cc2c(NCc3ccc(F)cc3F)ncnc2cc1N1CCNCC1. The number of fused-ring (bicyclic) bond motifs is 1. The number of piperazine rings is 1. The third-order valence-electron chi connectivity index (χ3n) is 4.85. The first-order valence-corrected chi connectivity index (χ1v) is 9.09. The second kappa shape index (κ2) is 7.92. The molecule has 8 nitrogen and oxygen atoms in total. The molecule has 29 heavy (non-hydrogen) atoms. The predicted octanol–water partition coefficient (Wildman–Crippen LogP) is 2.84. The van der Waals surface area contributed by atoms with Gasteiger partial charge in [0.15, 0.2) is 0 Å². The van der Waals surface area contributed by atoms with Gasteiger partial charge in [-0.25, -0.2) is 18.7 Å². The molecule has 0 unspecified atom stereocenters. The highest BCUT2D eigenvalue weighted by Crippen LogP contribution is 2.34. The third-order valence-corrected chi connectivity index (χ3v) is 4.85. The molecule has 0 saturated carbocycles. The van der Waals surface area contributed by atoms with Gasteiger partial charge in [0.1, 0.15) is 29.5 Å². The molecule has 2 aromatic carbocycles. The zero-order chi connectivity index (χ0) is 20.4. The summed E-state index contributed by atoms with van der Waals surface area (Å²) in [4.78, 5) is 21.6. The van der Waals surface area contributed by atoms with Crippen molar-refractivity contribution in [1.82, 2.24) is 15.3 Å². The summed E-state index contributed by atoms with van der Waals surface area (Å²) in [5, 5.41) is 18.3. The molecule has 150 valence electrons. The molecular formula is C19H18F2N6O2. The lowest BCUT2D eigenvalue weighted by molar-refractivity contribution is -0.384. The molecule has 10 heteroatoms. The Bertz CT molecular complexity index is 1070. The predicted molar refractivity (Wildman–Crippen MR) is 105 cm³/mol. The van der Waals surface area contributed by atoms with E-state index >= 15 is 0 Å². The number of rotatable bonds is 5. The Labute approximate surface area is 164 Å². The smallest absolute Gasteiger partial charge is 0.293 e. The van der Waals surface area contributed by atoms with E-state index in [0.717, 1.165) is 19.2 Å². The maximum Gasteiger partial charge on any atom is 0.293 e. The molecule has 0 amide bonds. The van der Waals surface area contributed by atoms with Gasteiger partial charge in [-0.15, -0.1) is 0 Å². The molecule has 0 spiro atoms. The van der Waals surface area contributed by atoms with E-state index in [1.165, 1.54) is 24.5 Å². The summed E-state index contributed by atoms with van der Waals surface area (Å²) in [6.45, 7) is 2.86. The van der Waals surface area contributed by atoms with E-state index in [-0.39, 0.29) is 17.8 Å². The van der Waals surface area contributed by atoms with Crippen LogP contribution in [0.25, 0.3) is 10.9 Å². The summed E-state index contributed by atoms with van der Waals surface area (Å²) in [5.41, 5.74) is 1.27. The van der Waals surface area contributed by atoms with E-state index in [4.69, 9.17) is 0 Å². The molecule has 0 atom stereocenters. The van der Waals surface area contributed by atoms with Crippen LogP contribution in [0.5, 0.6) is 0 Å². The van der Waals surface area contributed by atoms with Gasteiger partial charge in [-0.3, -0.25) is 10.1 Å². The van der Waals surface area contributed by atoms with E-state index in [0.29, 0.717) is 35.5 Å². The van der Waals surface area contributed by atoms with Gasteiger partial charge in [-0.1, -0.05) is 6.07 Å². The van der Waals surface area contributed by atoms with Crippen LogP contribution < -0.4 is 15.5 Å². The third kappa shape index (κ3) is 3.92. The van der Waals surface area contributed by atoms with Gasteiger partial charge in [-0.05, 0) is 12.1 Å². The first kappa shape index (κ1) is 18.9. The molecule has 1 saturated heterocycles. The summed E-state index contributed by atoms with van der Waals surface area (Å²) in [6, 6.07) is 6.44. The Hall–Kier alpha value is -3.40. The second-order valence-electron chi connectivity index (χ2n) is 6.66. The van der Waals surface area contributed by atoms with Gasteiger partial charge in [0.2, 0.25) is 0 Å². The van der Waals surface area contributed by atoms with Gasteiger partial charge in [0.25, 0.3) is 5.69 Å². The van der Waals surface area contributed by atoms with Crippen molar-refractivity contribution >= 4 is 28.1 Å². The maximum atomic E-state index is 13.9. The number of nitrogens with zero attached hydrogens (tertiary/aromatic N) is 4. The van der Waals surface area contributed by atoms with Crippen LogP contribution in [0.1, 0.15) is 5.56 Å². The molecule has 0 bridgehead atoms. The van der Waals surface area contributed by atoms with Crippen molar-refractivity contribution in [2.24, 2.45) is 0 Å². The van der Waals surface area contributed by atoms with E-state index in [2.05, 4.69) is 20.6 Å². The van der Waals surface area contributed by atoms with Crippen LogP contribution in [-0.2, 0) is 6.54 Å². The fourth-order valence-electron chi connectivity index (χ4n) is 3.37. The number of nitro benzene ring substituents is 1. The first-order chi connectivity index (χ1) is 14.0. The lowest BCUT2D eigenvalue weighted by Crippen LogP contribution is -2.43. The highest BCUT2D eigenvalue weighted by Gasteiger charge is 2.23. The van der Waals surface area contributed by atoms with Gasteiger partial charge >= 0.3 is 0 Å². The van der Waals surface area contributed by atoms with Gasteiger partial charge in [0.05, 0.1) is 10.4 Å². The molecule has 1 aliphatic rings. The molecule has 0 radical (unpaired) electrons. The summed E-state index contributed by atoms with van der Waals surface area (Å²) in [6.07, 6.45) is 1.35. The minimum atomic E-state index is -0.678. The van der Waals surface area contributed by atoms with Crippen LogP contribution in [0.3, 0.4) is 0 Å². The molecule has 2 heterocycles. The van der Waals surface area contributed by atoms with Crippen LogP contribution in [0.2, 0.25) is 0 Å². The zero-order valence-corrected chi connectivity index (χ0v) is 15.4. The molecule has 0 aliphatic carbocycles. The van der Waals surface area contributed by atoms with Crippen LogP contribution in [-0.4, -0.2) is 41.1 Å². The number of nitro groups is 1. The quantitative estimate of drug-likeness (QED) is 0.502. The van der Waals surface area contributed by atoms with Crippen molar-refractivity contribution in [1.29, 1.82) is 0 Å². The Morgan fingerprint density at radius 3 is 2.69 bits per heavy atom. The maximum absolute atomic E-state index is 13.9. The average Bonchev–Trinajstić information content (AvgIpc) is 2.72. The van der Waals surface area contributed by atoms with Crippen molar-refractivity contribution in [3.05, 3.63) is 64.0 Å².